The van der Waals surface area contributed by atoms with Crippen LogP contribution in [0.25, 0.3) is 0 Å². The van der Waals surface area contributed by atoms with E-state index in [1.54, 1.807) is 0 Å². The molecule has 0 saturated carbocycles. The van der Waals surface area contributed by atoms with Crippen molar-refractivity contribution in [3.05, 3.63) is 16.7 Å². The Morgan fingerprint density at radius 2 is 1.52 bits per heavy atom. The van der Waals surface area contributed by atoms with Crippen molar-refractivity contribution in [1.82, 2.24) is 0 Å². The van der Waals surface area contributed by atoms with Crippen molar-refractivity contribution >= 4 is 5.97 Å². The molecule has 0 saturated heterocycles. The Bertz CT molecular complexity index is 508. The van der Waals surface area contributed by atoms with Gasteiger partial charge in [-0.2, -0.15) is 0 Å². The SMILES string of the molecule is CCCOc1c(O)c(O)c(CCC)c(C(=O)O)c1CCC. The van der Waals surface area contributed by atoms with E-state index in [2.05, 4.69) is 0 Å². The molecule has 0 aliphatic heterocycles. The van der Waals surface area contributed by atoms with Gasteiger partial charge in [0.05, 0.1) is 12.2 Å². The molecule has 1 rings (SSSR count). The van der Waals surface area contributed by atoms with Gasteiger partial charge in [0.2, 0.25) is 5.75 Å². The van der Waals surface area contributed by atoms with Crippen LogP contribution in [-0.4, -0.2) is 27.9 Å². The summed E-state index contributed by atoms with van der Waals surface area (Å²) in [6.45, 7) is 6.09. The van der Waals surface area contributed by atoms with Crippen LogP contribution >= 0.6 is 0 Å². The van der Waals surface area contributed by atoms with Crippen LogP contribution in [0.3, 0.4) is 0 Å². The standard InChI is InChI=1S/C16H24O5/c1-4-7-10-12(16(19)20)11(8-5-2)15(21-9-6-3)14(18)13(10)17/h17-18H,4-9H2,1-3H3,(H,19,20). The number of hydrogen-bond acceptors (Lipinski definition) is 4. The van der Waals surface area contributed by atoms with Gasteiger partial charge in [-0.1, -0.05) is 33.6 Å². The molecule has 0 fully saturated rings. The molecule has 0 aromatic heterocycles. The predicted octanol–water partition coefficient (Wildman–Crippen LogP) is 3.49. The molecule has 0 amide bonds. The van der Waals surface area contributed by atoms with E-state index in [-0.39, 0.29) is 28.4 Å². The third-order valence-corrected chi connectivity index (χ3v) is 3.27. The van der Waals surface area contributed by atoms with Crippen LogP contribution in [0.1, 0.15) is 61.5 Å². The summed E-state index contributed by atoms with van der Waals surface area (Å²) in [4.78, 5) is 11.6. The van der Waals surface area contributed by atoms with Gasteiger partial charge in [0.1, 0.15) is 0 Å². The fourth-order valence-corrected chi connectivity index (χ4v) is 2.41. The number of hydrogen-bond donors (Lipinski definition) is 3. The molecule has 0 bridgehead atoms. The molecule has 0 radical (unpaired) electrons. The number of phenolic OH excluding ortho intramolecular Hbond substituents is 2. The Kier molecular flexibility index (Phi) is 6.34. The van der Waals surface area contributed by atoms with Crippen LogP contribution in [0, 0.1) is 0 Å². The second kappa shape index (κ2) is 7.76. The zero-order chi connectivity index (χ0) is 16.0. The molecule has 0 unspecified atom stereocenters. The van der Waals surface area contributed by atoms with E-state index < -0.39 is 5.97 Å². The summed E-state index contributed by atoms with van der Waals surface area (Å²) in [7, 11) is 0. The number of phenols is 2. The first-order chi connectivity index (χ1) is 9.99. The van der Waals surface area contributed by atoms with Crippen LogP contribution in [0.2, 0.25) is 0 Å². The number of benzene rings is 1. The first kappa shape index (κ1) is 17.1. The molecular formula is C16H24O5. The lowest BCUT2D eigenvalue weighted by Crippen LogP contribution is -2.11. The molecule has 118 valence electrons. The summed E-state index contributed by atoms with van der Waals surface area (Å²) in [6.07, 6.45) is 2.99. The normalized spacial score (nSPS) is 10.6. The van der Waals surface area contributed by atoms with Gasteiger partial charge in [-0.15, -0.1) is 0 Å². The Morgan fingerprint density at radius 1 is 0.952 bits per heavy atom. The Morgan fingerprint density at radius 3 is 2.00 bits per heavy atom. The highest BCUT2D eigenvalue weighted by atomic mass is 16.5. The van der Waals surface area contributed by atoms with Gasteiger partial charge in [-0.3, -0.25) is 0 Å². The summed E-state index contributed by atoms with van der Waals surface area (Å²) < 4.78 is 5.50. The van der Waals surface area contributed by atoms with E-state index in [9.17, 15) is 20.1 Å². The van der Waals surface area contributed by atoms with Gasteiger partial charge in [0, 0.05) is 11.1 Å². The van der Waals surface area contributed by atoms with E-state index in [1.807, 2.05) is 20.8 Å². The zero-order valence-corrected chi connectivity index (χ0v) is 12.9. The summed E-state index contributed by atoms with van der Waals surface area (Å²) >= 11 is 0. The minimum Gasteiger partial charge on any atom is -0.504 e. The average molecular weight is 296 g/mol. The molecule has 0 atom stereocenters. The first-order valence-electron chi connectivity index (χ1n) is 7.45. The number of aromatic carboxylic acids is 1. The molecule has 1 aromatic rings. The summed E-state index contributed by atoms with van der Waals surface area (Å²) in [5.41, 5.74) is 0.826. The zero-order valence-electron chi connectivity index (χ0n) is 12.9. The highest BCUT2D eigenvalue weighted by molar-refractivity contribution is 5.94. The summed E-state index contributed by atoms with van der Waals surface area (Å²) in [6, 6.07) is 0. The second-order valence-corrected chi connectivity index (χ2v) is 5.01. The van der Waals surface area contributed by atoms with Crippen molar-refractivity contribution in [3.63, 3.8) is 0 Å². The average Bonchev–Trinajstić information content (AvgIpc) is 2.44. The minimum absolute atomic E-state index is 0.0695. The Labute approximate surface area is 125 Å². The Hall–Kier alpha value is -1.91. The van der Waals surface area contributed by atoms with Gasteiger partial charge in [0.15, 0.2) is 11.5 Å². The maximum absolute atomic E-state index is 11.6. The summed E-state index contributed by atoms with van der Waals surface area (Å²) in [5, 5.41) is 29.8. The molecule has 1 aromatic carbocycles. The fraction of sp³-hybridized carbons (Fsp3) is 0.562. The number of carboxylic acid groups (broad SMARTS) is 1. The lowest BCUT2D eigenvalue weighted by molar-refractivity contribution is 0.0693. The van der Waals surface area contributed by atoms with Gasteiger partial charge < -0.3 is 20.1 Å². The lowest BCUT2D eigenvalue weighted by atomic mass is 9.92. The van der Waals surface area contributed by atoms with Crippen LogP contribution in [0.5, 0.6) is 17.2 Å². The molecular weight excluding hydrogens is 272 g/mol. The van der Waals surface area contributed by atoms with Gasteiger partial charge in [-0.25, -0.2) is 4.79 Å². The van der Waals surface area contributed by atoms with Gasteiger partial charge in [0.25, 0.3) is 0 Å². The summed E-state index contributed by atoms with van der Waals surface area (Å²) in [5.74, 6) is -1.72. The third kappa shape index (κ3) is 3.60. The van der Waals surface area contributed by atoms with Crippen molar-refractivity contribution in [1.29, 1.82) is 0 Å². The van der Waals surface area contributed by atoms with Crippen molar-refractivity contribution in [2.75, 3.05) is 6.61 Å². The molecule has 21 heavy (non-hydrogen) atoms. The minimum atomic E-state index is -1.10. The molecule has 0 aliphatic rings. The van der Waals surface area contributed by atoms with Crippen LogP contribution in [-0.2, 0) is 12.8 Å². The maximum atomic E-state index is 11.6. The molecule has 5 nitrogen and oxygen atoms in total. The van der Waals surface area contributed by atoms with E-state index >= 15 is 0 Å². The third-order valence-electron chi connectivity index (χ3n) is 3.27. The largest absolute Gasteiger partial charge is 0.504 e. The lowest BCUT2D eigenvalue weighted by Gasteiger charge is -2.19. The van der Waals surface area contributed by atoms with Crippen LogP contribution in [0.15, 0.2) is 0 Å². The quantitative estimate of drug-likeness (QED) is 0.639. The highest BCUT2D eigenvalue weighted by Crippen LogP contribution is 2.45. The van der Waals surface area contributed by atoms with E-state index in [0.717, 1.165) is 12.8 Å². The van der Waals surface area contributed by atoms with Gasteiger partial charge in [-0.05, 0) is 19.3 Å². The van der Waals surface area contributed by atoms with Crippen molar-refractivity contribution in [2.24, 2.45) is 0 Å². The molecule has 0 heterocycles. The van der Waals surface area contributed by atoms with E-state index in [1.165, 1.54) is 0 Å². The second-order valence-electron chi connectivity index (χ2n) is 5.01. The topological polar surface area (TPSA) is 87.0 Å². The van der Waals surface area contributed by atoms with E-state index in [0.29, 0.717) is 31.4 Å². The monoisotopic (exact) mass is 296 g/mol. The number of ether oxygens (including phenoxy) is 1. The fourth-order valence-electron chi connectivity index (χ4n) is 2.41. The van der Waals surface area contributed by atoms with E-state index in [4.69, 9.17) is 4.74 Å². The molecule has 0 spiro atoms. The number of aromatic hydroxyl groups is 2. The molecule has 3 N–H and O–H groups in total. The smallest absolute Gasteiger partial charge is 0.336 e. The number of rotatable bonds is 8. The van der Waals surface area contributed by atoms with Crippen molar-refractivity contribution in [2.45, 2.75) is 52.9 Å². The van der Waals surface area contributed by atoms with Crippen molar-refractivity contribution in [3.8, 4) is 17.2 Å². The predicted molar refractivity (Wildman–Crippen MR) is 80.5 cm³/mol. The van der Waals surface area contributed by atoms with Crippen LogP contribution in [0.4, 0.5) is 0 Å². The Balaban J connectivity index is 3.60. The maximum Gasteiger partial charge on any atom is 0.336 e. The number of carboxylic acids is 1. The highest BCUT2D eigenvalue weighted by Gasteiger charge is 2.27. The van der Waals surface area contributed by atoms with Gasteiger partial charge >= 0.3 is 5.97 Å². The van der Waals surface area contributed by atoms with Crippen LogP contribution < -0.4 is 4.74 Å². The van der Waals surface area contributed by atoms with Crippen molar-refractivity contribution < 1.29 is 24.9 Å². The molecule has 5 heteroatoms. The number of carbonyl (C=O) groups is 1. The molecule has 0 aliphatic carbocycles. The first-order valence-corrected chi connectivity index (χ1v) is 7.45.